The van der Waals surface area contributed by atoms with Gasteiger partial charge in [-0.2, -0.15) is 0 Å². The predicted octanol–water partition coefficient (Wildman–Crippen LogP) is 2.79. The number of halogens is 1. The van der Waals surface area contributed by atoms with E-state index in [1.807, 2.05) is 22.6 Å². The normalized spacial score (nSPS) is 16.8. The van der Waals surface area contributed by atoms with Crippen LogP contribution in [0.4, 0.5) is 10.5 Å². The number of carbonyl (C=O) groups excluding carboxylic acids is 3. The maximum atomic E-state index is 13.0. The molecule has 154 valence electrons. The highest BCUT2D eigenvalue weighted by molar-refractivity contribution is 14.1. The van der Waals surface area contributed by atoms with Gasteiger partial charge in [-0.15, -0.1) is 0 Å². The topological polar surface area (TPSA) is 114 Å². The van der Waals surface area contributed by atoms with Crippen molar-refractivity contribution in [3.8, 4) is 23.0 Å². The molecule has 4 amide bonds. The van der Waals surface area contributed by atoms with Crippen molar-refractivity contribution in [2.75, 3.05) is 18.3 Å². The lowest BCUT2D eigenvalue weighted by atomic mass is 10.1. The summed E-state index contributed by atoms with van der Waals surface area (Å²) in [6.07, 6.45) is 1.34. The van der Waals surface area contributed by atoms with Crippen LogP contribution in [0.5, 0.6) is 23.0 Å². The number of barbiturate groups is 1. The predicted molar refractivity (Wildman–Crippen MR) is 114 cm³/mol. The molecule has 0 bridgehead atoms. The Labute approximate surface area is 184 Å². The molecule has 9 nitrogen and oxygen atoms in total. The average Bonchev–Trinajstić information content (AvgIpc) is 3.17. The van der Waals surface area contributed by atoms with Crippen molar-refractivity contribution < 1.29 is 33.7 Å². The van der Waals surface area contributed by atoms with E-state index in [9.17, 15) is 19.5 Å². The Bertz CT molecular complexity index is 1110. The summed E-state index contributed by atoms with van der Waals surface area (Å²) in [4.78, 5) is 38.6. The number of hydrogen-bond acceptors (Lipinski definition) is 7. The van der Waals surface area contributed by atoms with E-state index in [0.29, 0.717) is 27.2 Å². The highest BCUT2D eigenvalue weighted by Crippen LogP contribution is 2.37. The first-order valence-electron chi connectivity index (χ1n) is 8.85. The molecule has 2 aliphatic heterocycles. The minimum absolute atomic E-state index is 0.0313. The molecule has 1 saturated heterocycles. The molecule has 2 N–H and O–H groups in total. The van der Waals surface area contributed by atoms with Crippen LogP contribution in [0, 0.1) is 3.57 Å². The molecule has 2 aromatic rings. The summed E-state index contributed by atoms with van der Waals surface area (Å²) in [6.45, 7) is 2.14. The van der Waals surface area contributed by atoms with Crippen molar-refractivity contribution in [2.45, 2.75) is 6.92 Å². The van der Waals surface area contributed by atoms with Crippen molar-refractivity contribution in [3.05, 3.63) is 45.0 Å². The number of aromatic hydroxyl groups is 1. The number of ether oxygens (including phenoxy) is 3. The van der Waals surface area contributed by atoms with E-state index in [0.717, 1.165) is 4.90 Å². The van der Waals surface area contributed by atoms with Crippen molar-refractivity contribution >= 4 is 52.2 Å². The highest BCUT2D eigenvalue weighted by Gasteiger charge is 2.37. The molecule has 4 rings (SSSR count). The monoisotopic (exact) mass is 522 g/mol. The fraction of sp³-hybridized carbons (Fsp3) is 0.150. The zero-order chi connectivity index (χ0) is 21.4. The Balaban J connectivity index is 1.73. The van der Waals surface area contributed by atoms with Gasteiger partial charge in [0.05, 0.1) is 15.9 Å². The summed E-state index contributed by atoms with van der Waals surface area (Å²) < 4.78 is 16.4. The van der Waals surface area contributed by atoms with Crippen LogP contribution in [0.3, 0.4) is 0 Å². The number of nitrogens with zero attached hydrogens (tertiary/aromatic N) is 1. The molecule has 0 unspecified atom stereocenters. The summed E-state index contributed by atoms with van der Waals surface area (Å²) >= 11 is 1.92. The summed E-state index contributed by atoms with van der Waals surface area (Å²) in [7, 11) is 0. The first-order valence-corrected chi connectivity index (χ1v) is 9.93. The maximum Gasteiger partial charge on any atom is 0.335 e. The van der Waals surface area contributed by atoms with Gasteiger partial charge >= 0.3 is 6.03 Å². The van der Waals surface area contributed by atoms with Crippen LogP contribution in [0.2, 0.25) is 0 Å². The van der Waals surface area contributed by atoms with Crippen LogP contribution in [0.1, 0.15) is 12.5 Å². The summed E-state index contributed by atoms with van der Waals surface area (Å²) in [5, 5.41) is 12.3. The van der Waals surface area contributed by atoms with Crippen LogP contribution in [0.15, 0.2) is 35.9 Å². The molecule has 2 heterocycles. The highest BCUT2D eigenvalue weighted by atomic mass is 127. The van der Waals surface area contributed by atoms with Crippen LogP contribution in [-0.4, -0.2) is 36.4 Å². The quantitative estimate of drug-likeness (QED) is 0.361. The van der Waals surface area contributed by atoms with Gasteiger partial charge in [0.2, 0.25) is 6.79 Å². The molecular formula is C20H15IN2O7. The number of anilines is 1. The second-order valence-electron chi connectivity index (χ2n) is 6.28. The van der Waals surface area contributed by atoms with E-state index in [-0.39, 0.29) is 29.6 Å². The molecule has 0 atom stereocenters. The van der Waals surface area contributed by atoms with Gasteiger partial charge < -0.3 is 19.3 Å². The smallest absolute Gasteiger partial charge is 0.335 e. The number of carbonyl (C=O) groups is 3. The second kappa shape index (κ2) is 7.86. The van der Waals surface area contributed by atoms with Gasteiger partial charge in [-0.05, 0) is 65.4 Å². The third-order valence-electron chi connectivity index (χ3n) is 4.38. The molecule has 30 heavy (non-hydrogen) atoms. The first kappa shape index (κ1) is 20.0. The molecule has 1 fully saturated rings. The number of benzene rings is 2. The van der Waals surface area contributed by atoms with E-state index in [1.54, 1.807) is 19.1 Å². The molecular weight excluding hydrogens is 507 g/mol. The zero-order valence-corrected chi connectivity index (χ0v) is 17.8. The standard InChI is InChI=1S/C20H15IN2O7/c1-2-28-16-7-10(6-13(21)17(16)24)5-12-18(25)22-20(27)23(19(12)26)11-3-4-14-15(8-11)30-9-29-14/h3-8,24H,2,9H2,1H3,(H,22,25,27)/b12-5+. The van der Waals surface area contributed by atoms with Crippen molar-refractivity contribution in [2.24, 2.45) is 0 Å². The van der Waals surface area contributed by atoms with Crippen molar-refractivity contribution in [1.29, 1.82) is 0 Å². The Morgan fingerprint density at radius 3 is 2.73 bits per heavy atom. The van der Waals surface area contributed by atoms with Crippen molar-refractivity contribution in [1.82, 2.24) is 5.32 Å². The van der Waals surface area contributed by atoms with Gasteiger partial charge in [0, 0.05) is 6.07 Å². The molecule has 10 heteroatoms. The fourth-order valence-corrected chi connectivity index (χ4v) is 3.65. The number of hydrogen-bond donors (Lipinski definition) is 2. The Hall–Kier alpha value is -3.28. The van der Waals surface area contributed by atoms with Crippen molar-refractivity contribution in [3.63, 3.8) is 0 Å². The number of urea groups is 1. The van der Waals surface area contributed by atoms with Gasteiger partial charge in [-0.1, -0.05) is 0 Å². The zero-order valence-electron chi connectivity index (χ0n) is 15.6. The molecule has 0 radical (unpaired) electrons. The average molecular weight is 522 g/mol. The maximum absolute atomic E-state index is 13.0. The Morgan fingerprint density at radius 2 is 1.97 bits per heavy atom. The van der Waals surface area contributed by atoms with Crippen LogP contribution < -0.4 is 24.4 Å². The van der Waals surface area contributed by atoms with Crippen LogP contribution >= 0.6 is 22.6 Å². The molecule has 0 saturated carbocycles. The summed E-state index contributed by atoms with van der Waals surface area (Å²) in [5.41, 5.74) is 0.450. The number of phenols is 1. The Kier molecular flexibility index (Phi) is 5.24. The third-order valence-corrected chi connectivity index (χ3v) is 5.20. The Morgan fingerprint density at radius 1 is 1.20 bits per heavy atom. The lowest BCUT2D eigenvalue weighted by molar-refractivity contribution is -0.122. The molecule has 0 spiro atoms. The summed E-state index contributed by atoms with van der Waals surface area (Å²) in [5.74, 6) is -0.519. The van der Waals surface area contributed by atoms with Gasteiger partial charge in [0.15, 0.2) is 23.0 Å². The largest absolute Gasteiger partial charge is 0.504 e. The van der Waals surface area contributed by atoms with Gasteiger partial charge in [0.25, 0.3) is 11.8 Å². The number of amides is 4. The molecule has 0 aromatic heterocycles. The number of rotatable bonds is 4. The third kappa shape index (κ3) is 3.54. The fourth-order valence-electron chi connectivity index (χ4n) is 3.03. The minimum atomic E-state index is -0.865. The SMILES string of the molecule is CCOc1cc(/C=C2\C(=O)NC(=O)N(c3ccc4c(c3)OCO4)C2=O)cc(I)c1O. The minimum Gasteiger partial charge on any atom is -0.504 e. The van der Waals surface area contributed by atoms with Crippen LogP contribution in [-0.2, 0) is 9.59 Å². The summed E-state index contributed by atoms with van der Waals surface area (Å²) in [6, 6.07) is 6.83. The van der Waals surface area contributed by atoms with Gasteiger partial charge in [0.1, 0.15) is 5.57 Å². The van der Waals surface area contributed by atoms with E-state index >= 15 is 0 Å². The molecule has 0 aliphatic carbocycles. The van der Waals surface area contributed by atoms with E-state index in [2.05, 4.69) is 5.32 Å². The molecule has 2 aliphatic rings. The van der Waals surface area contributed by atoms with Gasteiger partial charge in [-0.3, -0.25) is 14.9 Å². The lowest BCUT2D eigenvalue weighted by Gasteiger charge is -2.26. The number of imide groups is 2. The van der Waals surface area contributed by atoms with E-state index < -0.39 is 17.8 Å². The van der Waals surface area contributed by atoms with Gasteiger partial charge in [-0.25, -0.2) is 9.69 Å². The number of fused-ring (bicyclic) bond motifs is 1. The van der Waals surface area contributed by atoms with Crippen LogP contribution in [0.25, 0.3) is 6.08 Å². The lowest BCUT2D eigenvalue weighted by Crippen LogP contribution is -2.54. The number of phenolic OH excluding ortho intramolecular Hbond substituents is 1. The first-order chi connectivity index (χ1) is 14.4. The molecule has 2 aromatic carbocycles. The second-order valence-corrected chi connectivity index (χ2v) is 7.44. The number of nitrogens with one attached hydrogen (secondary N) is 1. The van der Waals surface area contributed by atoms with E-state index in [1.165, 1.54) is 24.3 Å². The van der Waals surface area contributed by atoms with E-state index in [4.69, 9.17) is 14.2 Å².